The minimum absolute atomic E-state index is 0.0508. The molecule has 1 fully saturated rings. The number of ether oxygens (including phenoxy) is 1. The van der Waals surface area contributed by atoms with Crippen molar-refractivity contribution in [1.82, 2.24) is 14.8 Å². The van der Waals surface area contributed by atoms with Crippen LogP contribution in [-0.4, -0.2) is 38.9 Å². The minimum Gasteiger partial charge on any atom is -0.377 e. The molecule has 104 valence electrons. The van der Waals surface area contributed by atoms with Crippen molar-refractivity contribution >= 4 is 17.3 Å². The van der Waals surface area contributed by atoms with E-state index in [1.54, 1.807) is 17.0 Å². The van der Waals surface area contributed by atoms with Crippen LogP contribution >= 0.6 is 0 Å². The van der Waals surface area contributed by atoms with Crippen LogP contribution in [-0.2, 0) is 11.8 Å². The molecule has 8 nitrogen and oxygen atoms in total. The molecule has 1 aromatic carbocycles. The summed E-state index contributed by atoms with van der Waals surface area (Å²) < 4.78 is 6.99. The number of benzene rings is 1. The zero-order chi connectivity index (χ0) is 14.1. The third-order valence-corrected chi connectivity index (χ3v) is 3.21. The zero-order valence-electron chi connectivity index (χ0n) is 10.8. The summed E-state index contributed by atoms with van der Waals surface area (Å²) in [6.45, 7) is 1.13. The monoisotopic (exact) mass is 275 g/mol. The Hall–Kier alpha value is -2.48. The fourth-order valence-corrected chi connectivity index (χ4v) is 2.11. The van der Waals surface area contributed by atoms with Crippen molar-refractivity contribution in [2.75, 3.05) is 18.1 Å². The molecule has 0 amide bonds. The number of aromatic nitrogens is 3. The fourth-order valence-electron chi connectivity index (χ4n) is 2.11. The van der Waals surface area contributed by atoms with E-state index in [0.29, 0.717) is 24.8 Å². The molecule has 0 atom stereocenters. The normalized spacial score (nSPS) is 14.8. The Morgan fingerprint density at radius 2 is 2.30 bits per heavy atom. The number of non-ortho nitro benzene ring substituents is 1. The van der Waals surface area contributed by atoms with Crippen molar-refractivity contribution in [2.45, 2.75) is 6.04 Å². The molecule has 20 heavy (non-hydrogen) atoms. The highest BCUT2D eigenvalue weighted by atomic mass is 16.6. The Bertz CT molecular complexity index is 638. The molecule has 1 aliphatic rings. The molecular weight excluding hydrogens is 262 g/mol. The molecule has 2 heterocycles. The summed E-state index contributed by atoms with van der Waals surface area (Å²) >= 11 is 0. The van der Waals surface area contributed by atoms with Gasteiger partial charge in [0.05, 0.1) is 29.9 Å². The van der Waals surface area contributed by atoms with Crippen LogP contribution in [0.15, 0.2) is 30.6 Å². The van der Waals surface area contributed by atoms with Gasteiger partial charge in [-0.2, -0.15) is 0 Å². The number of aryl methyl sites for hydroxylation is 1. The largest absolute Gasteiger partial charge is 0.377 e. The summed E-state index contributed by atoms with van der Waals surface area (Å²) in [5, 5.41) is 18.9. The SMILES string of the molecule is Cn1cnnc1N(c1cccc([N+](=O)[O-])c1)C1COC1. The summed E-state index contributed by atoms with van der Waals surface area (Å²) in [5.74, 6) is 0.638. The van der Waals surface area contributed by atoms with Crippen LogP contribution in [0.4, 0.5) is 17.3 Å². The predicted molar refractivity (Wildman–Crippen MR) is 70.8 cm³/mol. The van der Waals surface area contributed by atoms with E-state index < -0.39 is 4.92 Å². The van der Waals surface area contributed by atoms with Gasteiger partial charge in [-0.3, -0.25) is 10.1 Å². The third-order valence-electron chi connectivity index (χ3n) is 3.21. The van der Waals surface area contributed by atoms with E-state index in [-0.39, 0.29) is 11.7 Å². The van der Waals surface area contributed by atoms with Gasteiger partial charge in [0.1, 0.15) is 6.33 Å². The van der Waals surface area contributed by atoms with Gasteiger partial charge in [-0.15, -0.1) is 10.2 Å². The Labute approximate surface area is 114 Å². The first-order valence-electron chi connectivity index (χ1n) is 6.12. The molecule has 0 aliphatic carbocycles. The van der Waals surface area contributed by atoms with Gasteiger partial charge in [0.15, 0.2) is 0 Å². The summed E-state index contributed by atoms with van der Waals surface area (Å²) in [6.07, 6.45) is 1.60. The standard InChI is InChI=1S/C12H13N5O3/c1-15-8-13-14-12(15)16(11-6-20-7-11)9-3-2-4-10(5-9)17(18)19/h2-5,8,11H,6-7H2,1H3. The van der Waals surface area contributed by atoms with Crippen molar-refractivity contribution in [3.8, 4) is 0 Å². The number of hydrogen-bond acceptors (Lipinski definition) is 6. The lowest BCUT2D eigenvalue weighted by Gasteiger charge is -2.37. The second-order valence-electron chi connectivity index (χ2n) is 4.58. The van der Waals surface area contributed by atoms with Crippen LogP contribution in [0.3, 0.4) is 0 Å². The summed E-state index contributed by atoms with van der Waals surface area (Å²) in [4.78, 5) is 12.4. The average Bonchev–Trinajstić information content (AvgIpc) is 2.79. The second-order valence-corrected chi connectivity index (χ2v) is 4.58. The van der Waals surface area contributed by atoms with E-state index in [0.717, 1.165) is 0 Å². The second kappa shape index (κ2) is 4.89. The van der Waals surface area contributed by atoms with Crippen LogP contribution in [0.5, 0.6) is 0 Å². The molecule has 1 aliphatic heterocycles. The van der Waals surface area contributed by atoms with Crippen LogP contribution in [0.2, 0.25) is 0 Å². The first kappa shape index (κ1) is 12.5. The van der Waals surface area contributed by atoms with Gasteiger partial charge in [-0.25, -0.2) is 0 Å². The quantitative estimate of drug-likeness (QED) is 0.616. The van der Waals surface area contributed by atoms with Gasteiger partial charge in [0, 0.05) is 19.2 Å². The van der Waals surface area contributed by atoms with Crippen molar-refractivity contribution < 1.29 is 9.66 Å². The highest BCUT2D eigenvalue weighted by Gasteiger charge is 2.30. The minimum atomic E-state index is -0.407. The topological polar surface area (TPSA) is 86.3 Å². The van der Waals surface area contributed by atoms with Crippen molar-refractivity contribution in [3.63, 3.8) is 0 Å². The van der Waals surface area contributed by atoms with Crippen LogP contribution in [0.1, 0.15) is 0 Å². The Balaban J connectivity index is 2.03. The molecule has 0 radical (unpaired) electrons. The maximum absolute atomic E-state index is 10.9. The van der Waals surface area contributed by atoms with Gasteiger partial charge in [0.2, 0.25) is 5.95 Å². The molecular formula is C12H13N5O3. The van der Waals surface area contributed by atoms with Crippen LogP contribution < -0.4 is 4.90 Å². The predicted octanol–water partition coefficient (Wildman–Crippen LogP) is 1.26. The van der Waals surface area contributed by atoms with Gasteiger partial charge >= 0.3 is 0 Å². The van der Waals surface area contributed by atoms with Gasteiger partial charge < -0.3 is 14.2 Å². The molecule has 3 rings (SSSR count). The van der Waals surface area contributed by atoms with E-state index in [4.69, 9.17) is 4.74 Å². The van der Waals surface area contributed by atoms with E-state index >= 15 is 0 Å². The molecule has 8 heteroatoms. The fraction of sp³-hybridized carbons (Fsp3) is 0.333. The number of rotatable bonds is 4. The number of nitro benzene ring substituents is 1. The molecule has 0 N–H and O–H groups in total. The molecule has 0 spiro atoms. The molecule has 2 aromatic rings. The molecule has 0 bridgehead atoms. The molecule has 1 saturated heterocycles. The van der Waals surface area contributed by atoms with Gasteiger partial charge in [-0.1, -0.05) is 6.07 Å². The first-order chi connectivity index (χ1) is 9.66. The van der Waals surface area contributed by atoms with E-state index in [1.165, 1.54) is 12.1 Å². The highest BCUT2D eigenvalue weighted by Crippen LogP contribution is 2.30. The molecule has 0 unspecified atom stereocenters. The Morgan fingerprint density at radius 1 is 1.50 bits per heavy atom. The Morgan fingerprint density at radius 3 is 2.85 bits per heavy atom. The summed E-state index contributed by atoms with van der Waals surface area (Å²) in [7, 11) is 1.83. The zero-order valence-corrected chi connectivity index (χ0v) is 10.8. The number of hydrogen-bond donors (Lipinski definition) is 0. The smallest absolute Gasteiger partial charge is 0.271 e. The van der Waals surface area contributed by atoms with Crippen molar-refractivity contribution in [3.05, 3.63) is 40.7 Å². The van der Waals surface area contributed by atoms with Crippen LogP contribution in [0, 0.1) is 10.1 Å². The molecule has 1 aromatic heterocycles. The van der Waals surface area contributed by atoms with Crippen LogP contribution in [0.25, 0.3) is 0 Å². The third kappa shape index (κ3) is 2.10. The van der Waals surface area contributed by atoms with Gasteiger partial charge in [-0.05, 0) is 6.07 Å². The summed E-state index contributed by atoms with van der Waals surface area (Å²) in [5.41, 5.74) is 0.763. The average molecular weight is 275 g/mol. The summed E-state index contributed by atoms with van der Waals surface area (Å²) in [6, 6.07) is 6.60. The maximum atomic E-state index is 10.9. The van der Waals surface area contributed by atoms with E-state index in [9.17, 15) is 10.1 Å². The van der Waals surface area contributed by atoms with E-state index in [2.05, 4.69) is 10.2 Å². The maximum Gasteiger partial charge on any atom is 0.271 e. The molecule has 0 saturated carbocycles. The van der Waals surface area contributed by atoms with Crippen molar-refractivity contribution in [1.29, 1.82) is 0 Å². The Kier molecular flexibility index (Phi) is 3.07. The van der Waals surface area contributed by atoms with E-state index in [1.807, 2.05) is 18.0 Å². The number of nitrogens with zero attached hydrogens (tertiary/aromatic N) is 5. The first-order valence-corrected chi connectivity index (χ1v) is 6.12. The van der Waals surface area contributed by atoms with Crippen molar-refractivity contribution in [2.24, 2.45) is 7.05 Å². The lowest BCUT2D eigenvalue weighted by atomic mass is 10.1. The number of nitro groups is 1. The lowest BCUT2D eigenvalue weighted by molar-refractivity contribution is -0.384. The number of anilines is 2. The highest BCUT2D eigenvalue weighted by molar-refractivity contribution is 5.62. The van der Waals surface area contributed by atoms with Gasteiger partial charge in [0.25, 0.3) is 5.69 Å². The lowest BCUT2D eigenvalue weighted by Crippen LogP contribution is -2.47.